The summed E-state index contributed by atoms with van der Waals surface area (Å²) in [5.41, 5.74) is 6.90. The fourth-order valence-electron chi connectivity index (χ4n) is 4.89. The van der Waals surface area contributed by atoms with Gasteiger partial charge in [0, 0.05) is 55.8 Å². The predicted molar refractivity (Wildman–Crippen MR) is 122 cm³/mol. The van der Waals surface area contributed by atoms with Gasteiger partial charge in [-0.05, 0) is 19.1 Å². The Kier molecular flexibility index (Phi) is 5.59. The van der Waals surface area contributed by atoms with Gasteiger partial charge >= 0.3 is 6.18 Å². The van der Waals surface area contributed by atoms with Crippen molar-refractivity contribution in [1.29, 1.82) is 0 Å². The van der Waals surface area contributed by atoms with Crippen molar-refractivity contribution in [1.82, 2.24) is 14.9 Å². The fourth-order valence-corrected chi connectivity index (χ4v) is 4.89. The zero-order chi connectivity index (χ0) is 25.0. The number of halogens is 3. The van der Waals surface area contributed by atoms with Crippen LogP contribution in [0.25, 0.3) is 5.57 Å². The summed E-state index contributed by atoms with van der Waals surface area (Å²) in [4.78, 5) is 24.7. The van der Waals surface area contributed by atoms with Crippen molar-refractivity contribution in [3.8, 4) is 5.75 Å². The third-order valence-corrected chi connectivity index (χ3v) is 6.71. The summed E-state index contributed by atoms with van der Waals surface area (Å²) >= 11 is 0. The number of carbonyl (C=O) groups is 1. The summed E-state index contributed by atoms with van der Waals surface area (Å²) in [6, 6.07) is 4.88. The highest BCUT2D eigenvalue weighted by molar-refractivity contribution is 6.24. The lowest BCUT2D eigenvalue weighted by Crippen LogP contribution is -2.79. The number of benzene rings is 1. The molecule has 2 fully saturated rings. The highest BCUT2D eigenvalue weighted by Crippen LogP contribution is 2.46. The van der Waals surface area contributed by atoms with E-state index in [1.165, 1.54) is 17.3 Å². The van der Waals surface area contributed by atoms with Crippen LogP contribution in [0.1, 0.15) is 18.3 Å². The number of fused-ring (bicyclic) bond motifs is 2. The van der Waals surface area contributed by atoms with Gasteiger partial charge in [0.1, 0.15) is 11.4 Å². The minimum atomic E-state index is -4.24. The molecule has 0 saturated carbocycles. The van der Waals surface area contributed by atoms with Gasteiger partial charge < -0.3 is 25.8 Å². The molecule has 3 atom stereocenters. The number of nitrogens with zero attached hydrogens (tertiary/aromatic N) is 4. The molecule has 5 rings (SSSR count). The fraction of sp³-hybridized carbons (Fsp3) is 0.435. The molecule has 4 heterocycles. The average Bonchev–Trinajstić information content (AvgIpc) is 3.13. The van der Waals surface area contributed by atoms with Crippen molar-refractivity contribution in [3.05, 3.63) is 48.2 Å². The maximum absolute atomic E-state index is 13.1. The number of nitrogens with one attached hydrogen (secondary N) is 1. The van der Waals surface area contributed by atoms with Crippen LogP contribution in [-0.4, -0.2) is 76.0 Å². The number of carbonyl (C=O) groups excluding carboxylic acids is 1. The third-order valence-electron chi connectivity index (χ3n) is 6.71. The summed E-state index contributed by atoms with van der Waals surface area (Å²) in [6.45, 7) is 1.32. The number of likely N-dealkylation sites (tertiary alicyclic amines) is 1. The van der Waals surface area contributed by atoms with Crippen LogP contribution in [-0.2, 0) is 11.2 Å². The summed E-state index contributed by atoms with van der Waals surface area (Å²) in [5.74, 6) is 0.218. The molecule has 0 spiro atoms. The number of rotatable bonds is 6. The number of hydrogen-bond donors (Lipinski definition) is 3. The molecule has 1 unspecified atom stereocenters. The Morgan fingerprint density at radius 3 is 2.66 bits per heavy atom. The predicted octanol–water partition coefficient (Wildman–Crippen LogP) is 1.54. The van der Waals surface area contributed by atoms with Gasteiger partial charge in [-0.1, -0.05) is 0 Å². The summed E-state index contributed by atoms with van der Waals surface area (Å²) in [6.07, 6.45) is 0.317. The van der Waals surface area contributed by atoms with Gasteiger partial charge in [0.15, 0.2) is 5.82 Å². The van der Waals surface area contributed by atoms with Crippen molar-refractivity contribution >= 4 is 22.9 Å². The van der Waals surface area contributed by atoms with E-state index in [1.54, 1.807) is 25.1 Å². The highest BCUT2D eigenvalue weighted by Gasteiger charge is 2.54. The lowest BCUT2D eigenvalue weighted by atomic mass is 9.84. The summed E-state index contributed by atoms with van der Waals surface area (Å²) in [5, 5.41) is 12.6. The first-order valence-electron chi connectivity index (χ1n) is 11.2. The van der Waals surface area contributed by atoms with E-state index in [-0.39, 0.29) is 36.6 Å². The SMILES string of the molecule is C[C@@]1(CO)Cc2cc(NC(=O)C(=CN)c3ncccn3)c(N3C[C@@H]4C3CN4CC(F)(F)F)cc2O1. The van der Waals surface area contributed by atoms with E-state index in [9.17, 15) is 23.1 Å². The lowest BCUT2D eigenvalue weighted by Gasteiger charge is -2.63. The molecule has 1 amide bonds. The number of ether oxygens (including phenoxy) is 1. The average molecular weight is 490 g/mol. The molecule has 3 aliphatic heterocycles. The Balaban J connectivity index is 1.42. The minimum absolute atomic E-state index is 0.0787. The number of alkyl halides is 3. The normalized spacial score (nSPS) is 25.7. The van der Waals surface area contributed by atoms with E-state index < -0.39 is 24.2 Å². The Bertz CT molecular complexity index is 1180. The van der Waals surface area contributed by atoms with Gasteiger partial charge in [-0.3, -0.25) is 9.69 Å². The molecule has 1 aromatic carbocycles. The molecule has 186 valence electrons. The van der Waals surface area contributed by atoms with Gasteiger partial charge in [-0.2, -0.15) is 13.2 Å². The Morgan fingerprint density at radius 1 is 1.31 bits per heavy atom. The standard InChI is InChI=1S/C23H25F3N6O3/c1-22(12-33)7-13-5-15(30-21(34)14(8-27)20-28-3-2-4-29-20)16(6-19(13)35-22)32-10-17-18(32)9-31(17)11-23(24,25)26/h2-6,8,17-18,33H,7,9-12,27H2,1H3,(H,30,34)/t17-,18?,22+/m1/s1. The Morgan fingerprint density at radius 2 is 2.06 bits per heavy atom. The van der Waals surface area contributed by atoms with E-state index >= 15 is 0 Å². The van der Waals surface area contributed by atoms with Gasteiger partial charge in [0.05, 0.1) is 36.1 Å². The van der Waals surface area contributed by atoms with Gasteiger partial charge in [-0.25, -0.2) is 9.97 Å². The maximum atomic E-state index is 13.1. The van der Waals surface area contributed by atoms with E-state index in [0.717, 1.165) is 11.8 Å². The topological polar surface area (TPSA) is 117 Å². The van der Waals surface area contributed by atoms with Crippen molar-refractivity contribution in [3.63, 3.8) is 0 Å². The number of anilines is 2. The molecular formula is C23H25F3N6O3. The van der Waals surface area contributed by atoms with Crippen LogP contribution in [0.2, 0.25) is 0 Å². The minimum Gasteiger partial charge on any atom is -0.484 e. The molecule has 2 saturated heterocycles. The number of hydrogen-bond acceptors (Lipinski definition) is 8. The first-order chi connectivity index (χ1) is 16.6. The van der Waals surface area contributed by atoms with Crippen LogP contribution in [0, 0.1) is 0 Å². The molecule has 12 heteroatoms. The highest BCUT2D eigenvalue weighted by atomic mass is 19.4. The first-order valence-corrected chi connectivity index (χ1v) is 11.2. The monoisotopic (exact) mass is 490 g/mol. The smallest absolute Gasteiger partial charge is 0.401 e. The van der Waals surface area contributed by atoms with Gasteiger partial charge in [-0.15, -0.1) is 0 Å². The lowest BCUT2D eigenvalue weighted by molar-refractivity contribution is -0.170. The van der Waals surface area contributed by atoms with Crippen LogP contribution in [0.4, 0.5) is 24.5 Å². The first kappa shape index (κ1) is 23.4. The van der Waals surface area contributed by atoms with Gasteiger partial charge in [0.2, 0.25) is 0 Å². The summed E-state index contributed by atoms with van der Waals surface area (Å²) in [7, 11) is 0. The summed E-state index contributed by atoms with van der Waals surface area (Å²) < 4.78 is 44.4. The van der Waals surface area contributed by atoms with Crippen LogP contribution in [0.5, 0.6) is 5.75 Å². The molecule has 0 bridgehead atoms. The van der Waals surface area contributed by atoms with E-state index in [1.807, 2.05) is 4.90 Å². The largest absolute Gasteiger partial charge is 0.484 e. The van der Waals surface area contributed by atoms with E-state index in [2.05, 4.69) is 15.3 Å². The van der Waals surface area contributed by atoms with E-state index in [4.69, 9.17) is 10.5 Å². The Labute approximate surface area is 199 Å². The quantitative estimate of drug-likeness (QED) is 0.522. The van der Waals surface area contributed by atoms with Crippen LogP contribution >= 0.6 is 0 Å². The second-order valence-electron chi connectivity index (χ2n) is 9.30. The number of aliphatic hydroxyl groups is 1. The van der Waals surface area contributed by atoms with E-state index in [0.29, 0.717) is 30.1 Å². The second kappa shape index (κ2) is 8.38. The zero-order valence-electron chi connectivity index (χ0n) is 18.9. The number of piperazine rings is 1. The third kappa shape index (κ3) is 4.27. The maximum Gasteiger partial charge on any atom is 0.401 e. The molecule has 4 N–H and O–H groups in total. The zero-order valence-corrected chi connectivity index (χ0v) is 18.9. The molecule has 2 aromatic rings. The number of aromatic nitrogens is 2. The van der Waals surface area contributed by atoms with Gasteiger partial charge in [0.25, 0.3) is 5.91 Å². The van der Waals surface area contributed by atoms with Crippen molar-refractivity contribution in [2.75, 3.05) is 36.5 Å². The van der Waals surface area contributed by atoms with Crippen LogP contribution in [0.3, 0.4) is 0 Å². The second-order valence-corrected chi connectivity index (χ2v) is 9.30. The number of amides is 1. The Hall–Kier alpha value is -3.38. The molecule has 0 aliphatic carbocycles. The van der Waals surface area contributed by atoms with Crippen molar-refractivity contribution in [2.45, 2.75) is 37.2 Å². The van der Waals surface area contributed by atoms with Crippen molar-refractivity contribution < 1.29 is 27.8 Å². The molecule has 3 aliphatic rings. The molecular weight excluding hydrogens is 465 g/mol. The van der Waals surface area contributed by atoms with Crippen LogP contribution < -0.4 is 20.7 Å². The number of aliphatic hydroxyl groups excluding tert-OH is 1. The van der Waals surface area contributed by atoms with Crippen molar-refractivity contribution in [2.24, 2.45) is 5.73 Å². The molecule has 1 aromatic heterocycles. The van der Waals surface area contributed by atoms with Crippen LogP contribution in [0.15, 0.2) is 36.8 Å². The molecule has 9 nitrogen and oxygen atoms in total. The molecule has 35 heavy (non-hydrogen) atoms. The number of nitrogens with two attached hydrogens (primary N) is 1. The molecule has 0 radical (unpaired) electrons.